The van der Waals surface area contributed by atoms with E-state index in [1.54, 1.807) is 18.2 Å². The SMILES string of the molecule is COCC(=O)C1C=CC=CC1=O. The van der Waals surface area contributed by atoms with Crippen LogP contribution in [0.1, 0.15) is 0 Å². The Kier molecular flexibility index (Phi) is 2.94. The van der Waals surface area contributed by atoms with Crippen molar-refractivity contribution in [1.82, 2.24) is 0 Å². The monoisotopic (exact) mass is 166 g/mol. The molecule has 0 saturated carbocycles. The van der Waals surface area contributed by atoms with Crippen molar-refractivity contribution in [3.05, 3.63) is 24.3 Å². The second-order valence-corrected chi connectivity index (χ2v) is 2.52. The molecule has 12 heavy (non-hydrogen) atoms. The summed E-state index contributed by atoms with van der Waals surface area (Å²) in [5.74, 6) is -0.988. The summed E-state index contributed by atoms with van der Waals surface area (Å²) >= 11 is 0. The molecular formula is C9H10O3. The van der Waals surface area contributed by atoms with Crippen LogP contribution < -0.4 is 0 Å². The van der Waals surface area contributed by atoms with Gasteiger partial charge in [-0.15, -0.1) is 0 Å². The minimum atomic E-state index is -0.630. The van der Waals surface area contributed by atoms with Crippen molar-refractivity contribution in [3.8, 4) is 0 Å². The van der Waals surface area contributed by atoms with Crippen LogP contribution in [0.3, 0.4) is 0 Å². The van der Waals surface area contributed by atoms with E-state index in [-0.39, 0.29) is 18.2 Å². The molecule has 1 aliphatic carbocycles. The average Bonchev–Trinajstić information content (AvgIpc) is 2.05. The Labute approximate surface area is 70.7 Å². The number of hydrogen-bond donors (Lipinski definition) is 0. The fraction of sp³-hybridized carbons (Fsp3) is 0.333. The smallest absolute Gasteiger partial charge is 0.173 e. The van der Waals surface area contributed by atoms with Gasteiger partial charge in [-0.1, -0.05) is 18.2 Å². The number of rotatable bonds is 3. The van der Waals surface area contributed by atoms with Crippen molar-refractivity contribution in [1.29, 1.82) is 0 Å². The average molecular weight is 166 g/mol. The molecule has 64 valence electrons. The zero-order chi connectivity index (χ0) is 8.97. The van der Waals surface area contributed by atoms with Crippen LogP contribution in [0.5, 0.6) is 0 Å². The molecule has 0 fully saturated rings. The summed E-state index contributed by atoms with van der Waals surface area (Å²) in [5.41, 5.74) is 0. The molecule has 0 aromatic rings. The van der Waals surface area contributed by atoms with Crippen LogP contribution >= 0.6 is 0 Å². The molecule has 0 aromatic heterocycles. The standard InChI is InChI=1S/C9H10O3/c1-12-6-9(11)7-4-2-3-5-8(7)10/h2-5,7H,6H2,1H3. The molecule has 0 spiro atoms. The second-order valence-electron chi connectivity index (χ2n) is 2.52. The molecule has 0 aromatic carbocycles. The van der Waals surface area contributed by atoms with Gasteiger partial charge in [-0.05, 0) is 6.08 Å². The minimum absolute atomic E-state index is 0.00537. The van der Waals surface area contributed by atoms with Crippen LogP contribution in [-0.2, 0) is 14.3 Å². The molecule has 1 rings (SSSR count). The maximum absolute atomic E-state index is 11.2. The summed E-state index contributed by atoms with van der Waals surface area (Å²) in [6.07, 6.45) is 6.31. The zero-order valence-corrected chi connectivity index (χ0v) is 6.82. The highest BCUT2D eigenvalue weighted by molar-refractivity contribution is 6.10. The van der Waals surface area contributed by atoms with Gasteiger partial charge in [0.05, 0.1) is 0 Å². The Bertz CT molecular complexity index is 250. The van der Waals surface area contributed by atoms with E-state index in [1.165, 1.54) is 13.2 Å². The van der Waals surface area contributed by atoms with Crippen molar-refractivity contribution in [2.75, 3.05) is 13.7 Å². The number of allylic oxidation sites excluding steroid dienone is 4. The molecule has 1 unspecified atom stereocenters. The number of hydrogen-bond acceptors (Lipinski definition) is 3. The van der Waals surface area contributed by atoms with Crippen LogP contribution in [0.25, 0.3) is 0 Å². The van der Waals surface area contributed by atoms with Gasteiger partial charge in [-0.2, -0.15) is 0 Å². The Balaban J connectivity index is 2.63. The van der Waals surface area contributed by atoms with Crippen molar-refractivity contribution >= 4 is 11.6 Å². The topological polar surface area (TPSA) is 43.4 Å². The maximum Gasteiger partial charge on any atom is 0.173 e. The highest BCUT2D eigenvalue weighted by Crippen LogP contribution is 2.08. The molecule has 1 atom stereocenters. The fourth-order valence-corrected chi connectivity index (χ4v) is 1.02. The van der Waals surface area contributed by atoms with E-state index in [0.29, 0.717) is 0 Å². The first kappa shape index (κ1) is 8.87. The molecule has 0 aliphatic heterocycles. The quantitative estimate of drug-likeness (QED) is 0.574. The van der Waals surface area contributed by atoms with E-state index in [2.05, 4.69) is 4.74 Å². The third kappa shape index (κ3) is 1.89. The lowest BCUT2D eigenvalue weighted by molar-refractivity contribution is -0.130. The summed E-state index contributed by atoms with van der Waals surface area (Å²) in [7, 11) is 1.44. The van der Waals surface area contributed by atoms with E-state index < -0.39 is 5.92 Å². The van der Waals surface area contributed by atoms with Crippen LogP contribution in [0, 0.1) is 5.92 Å². The van der Waals surface area contributed by atoms with Gasteiger partial charge in [-0.25, -0.2) is 0 Å². The summed E-state index contributed by atoms with van der Waals surface area (Å²) in [6, 6.07) is 0. The van der Waals surface area contributed by atoms with Gasteiger partial charge in [0.2, 0.25) is 0 Å². The van der Waals surface area contributed by atoms with Crippen molar-refractivity contribution in [2.45, 2.75) is 0 Å². The van der Waals surface area contributed by atoms with Gasteiger partial charge < -0.3 is 4.74 Å². The third-order valence-electron chi connectivity index (χ3n) is 1.62. The van der Waals surface area contributed by atoms with E-state index in [0.717, 1.165) is 0 Å². The number of methoxy groups -OCH3 is 1. The molecule has 0 radical (unpaired) electrons. The van der Waals surface area contributed by atoms with Gasteiger partial charge in [0.25, 0.3) is 0 Å². The molecule has 0 saturated heterocycles. The molecule has 0 heterocycles. The zero-order valence-electron chi connectivity index (χ0n) is 6.82. The summed E-state index contributed by atoms with van der Waals surface area (Å²) in [5, 5.41) is 0. The Morgan fingerprint density at radius 1 is 1.58 bits per heavy atom. The first-order valence-electron chi connectivity index (χ1n) is 3.66. The maximum atomic E-state index is 11.2. The summed E-state index contributed by atoms with van der Waals surface area (Å²) in [6.45, 7) is -0.00537. The number of Topliss-reactive ketones (excluding diaryl/α,β-unsaturated/α-hetero) is 1. The number of carbonyl (C=O) groups excluding carboxylic acids is 2. The molecular weight excluding hydrogens is 156 g/mol. The number of ether oxygens (including phenoxy) is 1. The third-order valence-corrected chi connectivity index (χ3v) is 1.62. The van der Waals surface area contributed by atoms with Crippen LogP contribution in [0.2, 0.25) is 0 Å². The summed E-state index contributed by atoms with van der Waals surface area (Å²) < 4.78 is 4.65. The molecule has 0 bridgehead atoms. The van der Waals surface area contributed by atoms with Gasteiger partial charge in [-0.3, -0.25) is 9.59 Å². The van der Waals surface area contributed by atoms with E-state index >= 15 is 0 Å². The predicted molar refractivity (Wildman–Crippen MR) is 43.7 cm³/mol. The lowest BCUT2D eigenvalue weighted by atomic mass is 9.95. The Morgan fingerprint density at radius 3 is 2.92 bits per heavy atom. The van der Waals surface area contributed by atoms with Gasteiger partial charge in [0.15, 0.2) is 11.6 Å². The Morgan fingerprint density at radius 2 is 2.33 bits per heavy atom. The second kappa shape index (κ2) is 3.97. The highest BCUT2D eigenvalue weighted by atomic mass is 16.5. The fourth-order valence-electron chi connectivity index (χ4n) is 1.02. The predicted octanol–water partition coefficient (Wildman–Crippen LogP) is 0.513. The van der Waals surface area contributed by atoms with Crippen LogP contribution in [-0.4, -0.2) is 25.3 Å². The molecule has 3 nitrogen and oxygen atoms in total. The van der Waals surface area contributed by atoms with Crippen molar-refractivity contribution in [2.24, 2.45) is 5.92 Å². The van der Waals surface area contributed by atoms with Crippen molar-refractivity contribution in [3.63, 3.8) is 0 Å². The Hall–Kier alpha value is -1.22. The normalized spacial score (nSPS) is 21.4. The first-order chi connectivity index (χ1) is 5.75. The largest absolute Gasteiger partial charge is 0.377 e. The van der Waals surface area contributed by atoms with E-state index in [9.17, 15) is 9.59 Å². The number of ketones is 2. The lowest BCUT2D eigenvalue weighted by Gasteiger charge is -2.09. The van der Waals surface area contributed by atoms with Crippen LogP contribution in [0.4, 0.5) is 0 Å². The summed E-state index contributed by atoms with van der Waals surface area (Å²) in [4.78, 5) is 22.3. The van der Waals surface area contributed by atoms with Gasteiger partial charge in [0.1, 0.15) is 12.5 Å². The molecule has 0 N–H and O–H groups in total. The van der Waals surface area contributed by atoms with Crippen molar-refractivity contribution < 1.29 is 14.3 Å². The molecule has 1 aliphatic rings. The van der Waals surface area contributed by atoms with Crippen LogP contribution in [0.15, 0.2) is 24.3 Å². The number of carbonyl (C=O) groups is 2. The highest BCUT2D eigenvalue weighted by Gasteiger charge is 2.22. The molecule has 3 heteroatoms. The first-order valence-corrected chi connectivity index (χ1v) is 3.66. The van der Waals surface area contributed by atoms with E-state index in [4.69, 9.17) is 0 Å². The lowest BCUT2D eigenvalue weighted by Crippen LogP contribution is -2.25. The minimum Gasteiger partial charge on any atom is -0.377 e. The molecule has 0 amide bonds. The van der Waals surface area contributed by atoms with Gasteiger partial charge in [0, 0.05) is 7.11 Å². The van der Waals surface area contributed by atoms with E-state index in [1.807, 2.05) is 0 Å². The van der Waals surface area contributed by atoms with Gasteiger partial charge >= 0.3 is 0 Å².